The number of rotatable bonds is 10. The Bertz CT molecular complexity index is 1170. The molecule has 0 fully saturated rings. The van der Waals surface area contributed by atoms with Gasteiger partial charge >= 0.3 is 11.7 Å². The van der Waals surface area contributed by atoms with Crippen LogP contribution in [0.15, 0.2) is 33.9 Å². The molecule has 3 rings (SSSR count). The summed E-state index contributed by atoms with van der Waals surface area (Å²) in [5.74, 6) is 0.787. The van der Waals surface area contributed by atoms with Crippen LogP contribution in [0.5, 0.6) is 5.75 Å². The summed E-state index contributed by atoms with van der Waals surface area (Å²) in [5, 5.41) is 0. The number of fused-ring (bicyclic) bond motifs is 1. The zero-order chi connectivity index (χ0) is 22.4. The third-order valence-electron chi connectivity index (χ3n) is 5.17. The topological polar surface area (TPSA) is 108 Å². The number of H-pyrrole nitrogens is 1. The molecule has 166 valence electrons. The lowest BCUT2D eigenvalue weighted by atomic mass is 10.1. The van der Waals surface area contributed by atoms with Gasteiger partial charge in [-0.05, 0) is 31.4 Å². The lowest BCUT2D eigenvalue weighted by molar-refractivity contribution is -0.145. The molecule has 0 atom stereocenters. The summed E-state index contributed by atoms with van der Waals surface area (Å²) in [7, 11) is 1.59. The summed E-state index contributed by atoms with van der Waals surface area (Å²) in [6.45, 7) is 4.74. The van der Waals surface area contributed by atoms with E-state index in [0.29, 0.717) is 36.5 Å². The van der Waals surface area contributed by atoms with Crippen molar-refractivity contribution in [1.29, 1.82) is 0 Å². The van der Waals surface area contributed by atoms with Crippen LogP contribution < -0.4 is 16.0 Å². The Labute approximate surface area is 179 Å². The molecule has 3 aromatic rings. The number of hydrogen-bond acceptors (Lipinski definition) is 6. The van der Waals surface area contributed by atoms with Crippen LogP contribution in [0.25, 0.3) is 11.2 Å². The molecule has 1 N–H and O–H groups in total. The van der Waals surface area contributed by atoms with Gasteiger partial charge in [0, 0.05) is 19.5 Å². The molecular weight excluding hydrogens is 400 g/mol. The van der Waals surface area contributed by atoms with E-state index in [9.17, 15) is 14.4 Å². The van der Waals surface area contributed by atoms with Crippen LogP contribution in [0.4, 0.5) is 0 Å². The van der Waals surface area contributed by atoms with Gasteiger partial charge in [-0.15, -0.1) is 0 Å². The van der Waals surface area contributed by atoms with Crippen LogP contribution in [-0.2, 0) is 35.6 Å². The highest BCUT2D eigenvalue weighted by Crippen LogP contribution is 2.19. The number of ether oxygens (including phenoxy) is 2. The predicted molar refractivity (Wildman–Crippen MR) is 116 cm³/mol. The molecule has 0 aliphatic carbocycles. The van der Waals surface area contributed by atoms with Crippen molar-refractivity contribution in [3.05, 3.63) is 56.5 Å². The monoisotopic (exact) mass is 428 g/mol. The van der Waals surface area contributed by atoms with Gasteiger partial charge in [0.05, 0.1) is 7.11 Å². The van der Waals surface area contributed by atoms with E-state index in [4.69, 9.17) is 9.47 Å². The maximum atomic E-state index is 12.4. The van der Waals surface area contributed by atoms with Gasteiger partial charge in [0.1, 0.15) is 18.2 Å². The molecule has 9 heteroatoms. The highest BCUT2D eigenvalue weighted by molar-refractivity contribution is 5.72. The van der Waals surface area contributed by atoms with E-state index < -0.39 is 11.2 Å². The lowest BCUT2D eigenvalue weighted by Crippen LogP contribution is -2.31. The third-order valence-corrected chi connectivity index (χ3v) is 5.17. The van der Waals surface area contributed by atoms with Gasteiger partial charge in [-0.25, -0.2) is 9.78 Å². The fourth-order valence-corrected chi connectivity index (χ4v) is 3.56. The van der Waals surface area contributed by atoms with Gasteiger partial charge in [0.2, 0.25) is 0 Å². The first-order valence-corrected chi connectivity index (χ1v) is 10.5. The van der Waals surface area contributed by atoms with Crippen molar-refractivity contribution in [2.75, 3.05) is 7.11 Å². The first-order valence-electron chi connectivity index (χ1n) is 10.5. The number of unbranched alkanes of at least 4 members (excludes halogenated alkanes) is 1. The lowest BCUT2D eigenvalue weighted by Gasteiger charge is -2.09. The molecule has 0 saturated heterocycles. The summed E-state index contributed by atoms with van der Waals surface area (Å²) >= 11 is 0. The molecule has 0 spiro atoms. The maximum Gasteiger partial charge on any atom is 0.330 e. The Morgan fingerprint density at radius 2 is 1.94 bits per heavy atom. The van der Waals surface area contributed by atoms with Crippen LogP contribution in [0.1, 0.15) is 44.5 Å². The van der Waals surface area contributed by atoms with Crippen molar-refractivity contribution in [2.45, 2.75) is 59.2 Å². The minimum Gasteiger partial charge on any atom is -0.496 e. The van der Waals surface area contributed by atoms with E-state index in [0.717, 1.165) is 24.2 Å². The molecule has 31 heavy (non-hydrogen) atoms. The summed E-state index contributed by atoms with van der Waals surface area (Å²) in [6.07, 6.45) is 2.36. The second kappa shape index (κ2) is 10.1. The summed E-state index contributed by atoms with van der Waals surface area (Å²) in [5.41, 5.74) is 0.597. The van der Waals surface area contributed by atoms with Crippen molar-refractivity contribution in [3.8, 4) is 5.75 Å². The van der Waals surface area contributed by atoms with Crippen molar-refractivity contribution in [2.24, 2.45) is 0 Å². The van der Waals surface area contributed by atoms with E-state index in [-0.39, 0.29) is 19.0 Å². The molecule has 2 aromatic heterocycles. The van der Waals surface area contributed by atoms with E-state index in [1.807, 2.05) is 38.1 Å². The van der Waals surface area contributed by atoms with E-state index in [1.165, 1.54) is 4.57 Å². The molecule has 1 aromatic carbocycles. The highest BCUT2D eigenvalue weighted by atomic mass is 16.5. The number of methoxy groups -OCH3 is 1. The number of nitrogens with one attached hydrogen (secondary N) is 1. The van der Waals surface area contributed by atoms with Crippen molar-refractivity contribution in [1.82, 2.24) is 19.1 Å². The first kappa shape index (κ1) is 22.3. The summed E-state index contributed by atoms with van der Waals surface area (Å²) in [6, 6.07) is 7.52. The summed E-state index contributed by atoms with van der Waals surface area (Å²) in [4.78, 5) is 43.9. The number of carbonyl (C=O) groups excluding carboxylic acids is 1. The fraction of sp³-hybridized carbons (Fsp3) is 0.455. The van der Waals surface area contributed by atoms with Crippen LogP contribution in [0.3, 0.4) is 0 Å². The number of aromatic amines is 1. The van der Waals surface area contributed by atoms with Crippen molar-refractivity contribution >= 4 is 17.1 Å². The average Bonchev–Trinajstić information content (AvgIpc) is 3.15. The van der Waals surface area contributed by atoms with E-state index in [2.05, 4.69) is 9.97 Å². The van der Waals surface area contributed by atoms with Gasteiger partial charge in [-0.3, -0.25) is 19.1 Å². The number of imidazole rings is 1. The second-order valence-electron chi connectivity index (χ2n) is 7.18. The fourth-order valence-electron chi connectivity index (χ4n) is 3.56. The molecule has 0 radical (unpaired) electrons. The molecule has 0 aliphatic heterocycles. The standard InChI is InChI=1S/C22H28N4O5/c1-4-6-13-26-20-19(21(28)24-22(26)29)25(5-2)17(23-20)14-31-18(27)12-11-15-9-7-8-10-16(15)30-3/h7-10H,4-6,11-14H2,1-3H3,(H,24,28,29). The second-order valence-corrected chi connectivity index (χ2v) is 7.18. The number of nitrogens with zero attached hydrogens (tertiary/aromatic N) is 3. The summed E-state index contributed by atoms with van der Waals surface area (Å²) < 4.78 is 13.9. The molecule has 0 saturated carbocycles. The van der Waals surface area contributed by atoms with Gasteiger partial charge in [0.15, 0.2) is 11.2 Å². The number of benzene rings is 1. The number of esters is 1. The number of aryl methyl sites for hydroxylation is 3. The Balaban J connectivity index is 1.78. The Hall–Kier alpha value is -3.36. The van der Waals surface area contributed by atoms with Crippen LogP contribution >= 0.6 is 0 Å². The predicted octanol–water partition coefficient (Wildman–Crippen LogP) is 2.39. The molecule has 0 unspecified atom stereocenters. The van der Waals surface area contributed by atoms with Gasteiger partial charge in [0.25, 0.3) is 5.56 Å². The van der Waals surface area contributed by atoms with Crippen LogP contribution in [0.2, 0.25) is 0 Å². The SMILES string of the molecule is CCCCn1c(=O)[nH]c(=O)c2c1nc(COC(=O)CCc1ccccc1OC)n2CC. The Morgan fingerprint density at radius 1 is 1.16 bits per heavy atom. The number of carbonyl (C=O) groups is 1. The third kappa shape index (κ3) is 4.87. The van der Waals surface area contributed by atoms with Crippen LogP contribution in [-0.4, -0.2) is 32.2 Å². The van der Waals surface area contributed by atoms with E-state index in [1.54, 1.807) is 11.7 Å². The molecule has 2 heterocycles. The average molecular weight is 428 g/mol. The Morgan fingerprint density at radius 3 is 2.65 bits per heavy atom. The minimum atomic E-state index is -0.490. The zero-order valence-corrected chi connectivity index (χ0v) is 18.1. The minimum absolute atomic E-state index is 0.0747. The number of aromatic nitrogens is 4. The number of hydrogen-bond donors (Lipinski definition) is 1. The van der Waals surface area contributed by atoms with Gasteiger partial charge in [-0.1, -0.05) is 31.5 Å². The van der Waals surface area contributed by atoms with Gasteiger partial charge in [-0.2, -0.15) is 0 Å². The molecule has 0 aliphatic rings. The molecule has 0 amide bonds. The van der Waals surface area contributed by atoms with Crippen molar-refractivity contribution in [3.63, 3.8) is 0 Å². The quantitative estimate of drug-likeness (QED) is 0.497. The van der Waals surface area contributed by atoms with E-state index >= 15 is 0 Å². The smallest absolute Gasteiger partial charge is 0.330 e. The molecular formula is C22H28N4O5. The van der Waals surface area contributed by atoms with Crippen LogP contribution in [0, 0.1) is 0 Å². The largest absolute Gasteiger partial charge is 0.496 e. The maximum absolute atomic E-state index is 12.4. The Kier molecular flexibility index (Phi) is 7.28. The van der Waals surface area contributed by atoms with Crippen molar-refractivity contribution < 1.29 is 14.3 Å². The van der Waals surface area contributed by atoms with Gasteiger partial charge < -0.3 is 14.0 Å². The first-order chi connectivity index (χ1) is 15.0. The number of para-hydroxylation sites is 1. The normalized spacial score (nSPS) is 11.1. The molecule has 9 nitrogen and oxygen atoms in total. The zero-order valence-electron chi connectivity index (χ0n) is 18.1. The highest BCUT2D eigenvalue weighted by Gasteiger charge is 2.18. The molecule has 0 bridgehead atoms.